The predicted molar refractivity (Wildman–Crippen MR) is 124 cm³/mol. The number of rotatable bonds is 8. The van der Waals surface area contributed by atoms with Gasteiger partial charge in [0.15, 0.2) is 11.4 Å². The molecule has 4 N–H and O–H groups in total. The molecule has 0 saturated heterocycles. The molecule has 0 aliphatic heterocycles. The van der Waals surface area contributed by atoms with Crippen LogP contribution in [0.4, 0.5) is 24.7 Å². The van der Waals surface area contributed by atoms with E-state index in [1.54, 1.807) is 10.9 Å². The number of alkyl halides is 3. The molecule has 3 aromatic heterocycles. The Morgan fingerprint density at radius 2 is 2.00 bits per heavy atom. The van der Waals surface area contributed by atoms with Crippen molar-refractivity contribution in [3.8, 4) is 11.5 Å². The smallest absolute Gasteiger partial charge is 0.405 e. The van der Waals surface area contributed by atoms with Crippen LogP contribution in [0.5, 0.6) is 0 Å². The van der Waals surface area contributed by atoms with Crippen LogP contribution >= 0.6 is 0 Å². The van der Waals surface area contributed by atoms with Crippen LogP contribution in [-0.4, -0.2) is 44.3 Å². The number of oxazole rings is 1. The van der Waals surface area contributed by atoms with E-state index in [9.17, 15) is 22.8 Å². The minimum Gasteiger partial charge on any atom is -0.444 e. The van der Waals surface area contributed by atoms with Crippen molar-refractivity contribution >= 4 is 23.3 Å². The summed E-state index contributed by atoms with van der Waals surface area (Å²) in [5.41, 5.74) is 5.81. The Labute approximate surface area is 204 Å². The van der Waals surface area contributed by atoms with Crippen LogP contribution in [0.25, 0.3) is 11.5 Å². The van der Waals surface area contributed by atoms with Gasteiger partial charge in [-0.1, -0.05) is 13.3 Å². The van der Waals surface area contributed by atoms with E-state index in [2.05, 4.69) is 32.6 Å². The number of carbonyl (C=O) groups excluding carboxylic acids is 2. The molecule has 4 rings (SSSR count). The zero-order valence-electron chi connectivity index (χ0n) is 19.5. The Bertz CT molecular complexity index is 1230. The topological polar surface area (TPSA) is 141 Å². The monoisotopic (exact) mass is 505 g/mol. The quantitative estimate of drug-likeness (QED) is 0.412. The van der Waals surface area contributed by atoms with Gasteiger partial charge in [-0.15, -0.1) is 0 Å². The summed E-state index contributed by atoms with van der Waals surface area (Å²) in [5, 5.41) is 9.09. The van der Waals surface area contributed by atoms with Crippen molar-refractivity contribution < 1.29 is 27.2 Å². The Balaban J connectivity index is 1.47. The molecule has 3 aromatic rings. The molecule has 10 nitrogen and oxygen atoms in total. The van der Waals surface area contributed by atoms with E-state index in [1.165, 1.54) is 18.3 Å². The van der Waals surface area contributed by atoms with Crippen LogP contribution in [-0.2, 0) is 0 Å². The fourth-order valence-corrected chi connectivity index (χ4v) is 4.22. The Morgan fingerprint density at radius 1 is 1.25 bits per heavy atom. The first-order chi connectivity index (χ1) is 17.1. The molecule has 0 aromatic carbocycles. The molecule has 3 heterocycles. The molecular weight excluding hydrogens is 479 g/mol. The molecule has 36 heavy (non-hydrogen) atoms. The molecule has 1 saturated carbocycles. The van der Waals surface area contributed by atoms with Gasteiger partial charge in [0.1, 0.15) is 18.6 Å². The maximum absolute atomic E-state index is 12.8. The van der Waals surface area contributed by atoms with Crippen molar-refractivity contribution in [3.05, 3.63) is 42.2 Å². The highest BCUT2D eigenvalue weighted by molar-refractivity contribution is 6.07. The first-order valence-electron chi connectivity index (χ1n) is 11.6. The molecule has 13 heteroatoms. The lowest BCUT2D eigenvalue weighted by Gasteiger charge is -2.27. The highest BCUT2D eigenvalue weighted by Crippen LogP contribution is 2.34. The highest BCUT2D eigenvalue weighted by Gasteiger charge is 2.27. The summed E-state index contributed by atoms with van der Waals surface area (Å²) in [6.45, 7) is 0.921. The molecular formula is C23H26F3N7O3. The van der Waals surface area contributed by atoms with E-state index in [4.69, 9.17) is 10.2 Å². The third-order valence-corrected chi connectivity index (χ3v) is 6.19. The third kappa shape index (κ3) is 6.01. The first-order valence-corrected chi connectivity index (χ1v) is 11.6. The Kier molecular flexibility index (Phi) is 7.27. The largest absolute Gasteiger partial charge is 0.444 e. The molecule has 1 fully saturated rings. The van der Waals surface area contributed by atoms with Gasteiger partial charge in [0.2, 0.25) is 5.89 Å². The van der Waals surface area contributed by atoms with Gasteiger partial charge in [0.25, 0.3) is 11.8 Å². The van der Waals surface area contributed by atoms with Gasteiger partial charge in [-0.3, -0.25) is 14.3 Å². The lowest BCUT2D eigenvalue weighted by molar-refractivity contribution is -0.115. The minimum absolute atomic E-state index is 0.0103. The average Bonchev–Trinajstić information content (AvgIpc) is 3.51. The lowest BCUT2D eigenvalue weighted by atomic mass is 9.85. The zero-order valence-corrected chi connectivity index (χ0v) is 19.5. The van der Waals surface area contributed by atoms with E-state index in [-0.39, 0.29) is 34.8 Å². The third-order valence-electron chi connectivity index (χ3n) is 6.19. The van der Waals surface area contributed by atoms with Crippen molar-refractivity contribution in [2.75, 3.05) is 17.2 Å². The maximum Gasteiger partial charge on any atom is 0.405 e. The molecule has 0 radical (unpaired) electrons. The second kappa shape index (κ2) is 10.4. The van der Waals surface area contributed by atoms with Crippen molar-refractivity contribution in [1.82, 2.24) is 19.7 Å². The number of nitrogens with one attached hydrogen (secondary N) is 2. The SMILES string of the molecule is CC[C@H]1CC[C@@H](n2cc(NC(=O)c3coc(-c4ccnc(NCC(F)(F)F)c4)n3)c(C(N)=O)n2)CC1. The van der Waals surface area contributed by atoms with Crippen LogP contribution in [0, 0.1) is 5.92 Å². The molecule has 1 aliphatic carbocycles. The number of carbonyl (C=O) groups is 2. The average molecular weight is 506 g/mol. The summed E-state index contributed by atoms with van der Waals surface area (Å²) >= 11 is 0. The van der Waals surface area contributed by atoms with Gasteiger partial charge in [-0.2, -0.15) is 18.3 Å². The standard InChI is InChI=1S/C23H26F3N7O3/c1-2-13-3-5-15(6-4-13)33-10-16(19(32-33)20(27)34)30-21(35)17-11-36-22(31-17)14-7-8-28-18(9-14)29-12-23(24,25)26/h7-11,13,15H,2-6,12H2,1H3,(H2,27,34)(H,28,29)(H,30,35)/t13-,15+. The van der Waals surface area contributed by atoms with Gasteiger partial charge >= 0.3 is 6.18 Å². The molecule has 2 amide bonds. The Hall–Kier alpha value is -3.90. The van der Waals surface area contributed by atoms with Gasteiger partial charge in [-0.05, 0) is 43.7 Å². The van der Waals surface area contributed by atoms with Crippen LogP contribution in [0.3, 0.4) is 0 Å². The number of amides is 2. The van der Waals surface area contributed by atoms with Crippen LogP contribution in [0.1, 0.15) is 66.0 Å². The predicted octanol–water partition coefficient (Wildman–Crippen LogP) is 4.40. The van der Waals surface area contributed by atoms with Crippen molar-refractivity contribution in [2.45, 2.75) is 51.2 Å². The number of nitrogens with zero attached hydrogens (tertiary/aromatic N) is 4. The van der Waals surface area contributed by atoms with Crippen LogP contribution < -0.4 is 16.4 Å². The number of aromatic nitrogens is 4. The summed E-state index contributed by atoms with van der Waals surface area (Å²) < 4.78 is 44.4. The second-order valence-electron chi connectivity index (χ2n) is 8.71. The fourth-order valence-electron chi connectivity index (χ4n) is 4.22. The number of primary amides is 1. The Morgan fingerprint density at radius 3 is 2.67 bits per heavy atom. The highest BCUT2D eigenvalue weighted by atomic mass is 19.4. The number of anilines is 2. The summed E-state index contributed by atoms with van der Waals surface area (Å²) in [6, 6.07) is 2.92. The van der Waals surface area contributed by atoms with E-state index in [0.29, 0.717) is 11.5 Å². The fraction of sp³-hybridized carbons (Fsp3) is 0.435. The summed E-state index contributed by atoms with van der Waals surface area (Å²) in [5.74, 6) is -0.768. The normalized spacial score (nSPS) is 18.1. The van der Waals surface area contributed by atoms with E-state index in [0.717, 1.165) is 38.4 Å². The first kappa shape index (κ1) is 25.2. The maximum atomic E-state index is 12.8. The molecule has 1 aliphatic rings. The molecule has 0 spiro atoms. The van der Waals surface area contributed by atoms with Gasteiger partial charge in [0, 0.05) is 18.0 Å². The molecule has 192 valence electrons. The second-order valence-corrected chi connectivity index (χ2v) is 8.71. The van der Waals surface area contributed by atoms with E-state index < -0.39 is 24.5 Å². The minimum atomic E-state index is -4.40. The van der Waals surface area contributed by atoms with Gasteiger partial charge < -0.3 is 20.8 Å². The van der Waals surface area contributed by atoms with Crippen molar-refractivity contribution in [3.63, 3.8) is 0 Å². The molecule has 0 bridgehead atoms. The number of halogens is 3. The summed E-state index contributed by atoms with van der Waals surface area (Å²) in [7, 11) is 0. The van der Waals surface area contributed by atoms with Gasteiger partial charge in [0.05, 0.1) is 11.7 Å². The number of nitrogens with two attached hydrogens (primary N) is 1. The zero-order chi connectivity index (χ0) is 25.9. The number of hydrogen-bond acceptors (Lipinski definition) is 7. The van der Waals surface area contributed by atoms with Gasteiger partial charge in [-0.25, -0.2) is 9.97 Å². The number of pyridine rings is 1. The summed E-state index contributed by atoms with van der Waals surface area (Å²) in [6.07, 6.45) is 4.69. The summed E-state index contributed by atoms with van der Waals surface area (Å²) in [4.78, 5) is 32.7. The number of hydrogen-bond donors (Lipinski definition) is 3. The lowest BCUT2D eigenvalue weighted by Crippen LogP contribution is -2.21. The van der Waals surface area contributed by atoms with Crippen molar-refractivity contribution in [1.29, 1.82) is 0 Å². The van der Waals surface area contributed by atoms with Crippen molar-refractivity contribution in [2.24, 2.45) is 11.7 Å². The van der Waals surface area contributed by atoms with Crippen LogP contribution in [0.2, 0.25) is 0 Å². The molecule has 0 unspecified atom stereocenters. The molecule has 0 atom stereocenters. The van der Waals surface area contributed by atoms with Crippen LogP contribution in [0.15, 0.2) is 35.2 Å². The van der Waals surface area contributed by atoms with E-state index >= 15 is 0 Å². The van der Waals surface area contributed by atoms with E-state index in [1.807, 2.05) is 0 Å².